The van der Waals surface area contributed by atoms with E-state index in [1.54, 1.807) is 0 Å². The average Bonchev–Trinajstić information content (AvgIpc) is 3.53. The Hall–Kier alpha value is -2.91. The molecule has 0 aliphatic heterocycles. The van der Waals surface area contributed by atoms with E-state index in [9.17, 15) is 4.79 Å². The van der Waals surface area contributed by atoms with E-state index in [-0.39, 0.29) is 0 Å². The second-order valence-electron chi connectivity index (χ2n) is 10.2. The molecule has 0 heterocycles. The van der Waals surface area contributed by atoms with Crippen molar-refractivity contribution in [3.05, 3.63) is 139 Å². The predicted molar refractivity (Wildman–Crippen MR) is 147 cm³/mol. The Morgan fingerprint density at radius 1 is 0.657 bits per heavy atom. The Kier molecular flexibility index (Phi) is 5.97. The molecule has 1 fully saturated rings. The Morgan fingerprint density at radius 2 is 1.11 bits per heavy atom. The summed E-state index contributed by atoms with van der Waals surface area (Å²) in [5.74, 6) is 0.716. The minimum atomic E-state index is -3.75. The SMILES string of the molecule is O=C[C@@]1(Cc2ccccc2)[C@@H]2C=C[C@@H](C2)[C@H]1[Sn]([c]1ccccc1)([c]1ccccc1)[c]1ccccc1. The summed E-state index contributed by atoms with van der Waals surface area (Å²) < 4.78 is 4.69. The van der Waals surface area contributed by atoms with Gasteiger partial charge in [-0.25, -0.2) is 0 Å². The molecule has 172 valence electrons. The Morgan fingerprint density at radius 3 is 1.57 bits per heavy atom. The molecule has 2 heteroatoms. The second-order valence-corrected chi connectivity index (χ2v) is 21.5. The third kappa shape index (κ3) is 3.55. The zero-order valence-electron chi connectivity index (χ0n) is 19.8. The molecular formula is C33H30OSn. The molecule has 4 aromatic rings. The Bertz CT molecular complexity index is 1220. The summed E-state index contributed by atoms with van der Waals surface area (Å²) in [7, 11) is 0. The van der Waals surface area contributed by atoms with Crippen molar-refractivity contribution in [2.75, 3.05) is 0 Å². The summed E-state index contributed by atoms with van der Waals surface area (Å²) in [5, 5.41) is 0. The molecule has 4 aromatic carbocycles. The molecule has 0 N–H and O–H groups in total. The van der Waals surface area contributed by atoms with Crippen LogP contribution in [0.4, 0.5) is 0 Å². The third-order valence-corrected chi connectivity index (χ3v) is 24.6. The normalized spacial score (nSPS) is 25.0. The van der Waals surface area contributed by atoms with Crippen molar-refractivity contribution in [3.63, 3.8) is 0 Å². The molecule has 0 unspecified atom stereocenters. The number of benzene rings is 4. The molecule has 1 nitrogen and oxygen atoms in total. The van der Waals surface area contributed by atoms with Gasteiger partial charge in [0, 0.05) is 0 Å². The van der Waals surface area contributed by atoms with Gasteiger partial charge in [0.25, 0.3) is 0 Å². The number of rotatable bonds is 7. The number of allylic oxidation sites excluding steroid dienone is 2. The monoisotopic (exact) mass is 562 g/mol. The first-order chi connectivity index (χ1) is 17.3. The van der Waals surface area contributed by atoms with Gasteiger partial charge >= 0.3 is 213 Å². The maximum atomic E-state index is 13.5. The fourth-order valence-electron chi connectivity index (χ4n) is 7.26. The van der Waals surface area contributed by atoms with Crippen LogP contribution in [0, 0.1) is 17.3 Å². The number of aldehydes is 1. The summed E-state index contributed by atoms with van der Waals surface area (Å²) in [6, 6.07) is 44.3. The van der Waals surface area contributed by atoms with E-state index in [2.05, 4.69) is 133 Å². The van der Waals surface area contributed by atoms with Crippen LogP contribution in [-0.2, 0) is 11.2 Å². The number of carbonyl (C=O) groups excluding carboxylic acids is 1. The topological polar surface area (TPSA) is 17.1 Å². The van der Waals surface area contributed by atoms with Crippen LogP contribution in [0.5, 0.6) is 0 Å². The van der Waals surface area contributed by atoms with Gasteiger partial charge in [-0.05, 0) is 0 Å². The van der Waals surface area contributed by atoms with Crippen LogP contribution < -0.4 is 10.7 Å². The third-order valence-electron chi connectivity index (χ3n) is 8.54. The van der Waals surface area contributed by atoms with E-state index in [1.807, 2.05) is 0 Å². The van der Waals surface area contributed by atoms with Gasteiger partial charge in [0.1, 0.15) is 0 Å². The Labute approximate surface area is 212 Å². The first-order valence-corrected chi connectivity index (χ1v) is 18.6. The summed E-state index contributed by atoms with van der Waals surface area (Å²) in [4.78, 5) is 13.5. The van der Waals surface area contributed by atoms with E-state index in [0.29, 0.717) is 15.8 Å². The summed E-state index contributed by atoms with van der Waals surface area (Å²) in [6.45, 7) is 0. The minimum absolute atomic E-state index is 0.294. The molecule has 35 heavy (non-hydrogen) atoms. The van der Waals surface area contributed by atoms with Crippen LogP contribution in [-0.4, -0.2) is 24.7 Å². The van der Waals surface area contributed by atoms with Crippen LogP contribution in [0.3, 0.4) is 0 Å². The molecule has 1 saturated carbocycles. The van der Waals surface area contributed by atoms with Gasteiger partial charge in [-0.3, -0.25) is 0 Å². The van der Waals surface area contributed by atoms with Crippen LogP contribution in [0.25, 0.3) is 0 Å². The standard InChI is InChI=1S/C15H15O.3C6H5.Sn/c16-11-15(9-12-4-2-1-3-5-12)10-13-6-7-14(15)8-13;3*1-2-4-6-5-3-1;/h1-7,10-11,13-14H,8-9H2;3*1-5H;/t13-,14+,15-;;;;/m0..../s1. The average molecular weight is 561 g/mol. The molecule has 0 amide bonds. The molecule has 0 spiro atoms. The van der Waals surface area contributed by atoms with Gasteiger partial charge < -0.3 is 0 Å². The summed E-state index contributed by atoms with van der Waals surface area (Å²) in [5.41, 5.74) is 0.859. The van der Waals surface area contributed by atoms with E-state index >= 15 is 0 Å². The second kappa shape index (κ2) is 9.27. The quantitative estimate of drug-likeness (QED) is 0.173. The summed E-state index contributed by atoms with van der Waals surface area (Å²) >= 11 is -3.75. The van der Waals surface area contributed by atoms with E-state index in [0.717, 1.165) is 12.8 Å². The van der Waals surface area contributed by atoms with Gasteiger partial charge in [-0.15, -0.1) is 0 Å². The van der Waals surface area contributed by atoms with Crippen LogP contribution >= 0.6 is 0 Å². The molecular weight excluding hydrogens is 531 g/mol. The molecule has 4 atom stereocenters. The predicted octanol–water partition coefficient (Wildman–Crippen LogP) is 5.16. The number of hydrogen-bond acceptors (Lipinski definition) is 1. The van der Waals surface area contributed by atoms with Crippen molar-refractivity contribution in [3.8, 4) is 0 Å². The van der Waals surface area contributed by atoms with Crippen molar-refractivity contribution in [2.45, 2.75) is 16.8 Å². The summed E-state index contributed by atoms with van der Waals surface area (Å²) in [6.07, 6.45) is 8.07. The van der Waals surface area contributed by atoms with E-state index < -0.39 is 23.8 Å². The molecule has 0 saturated heterocycles. The van der Waals surface area contributed by atoms with Crippen molar-refractivity contribution < 1.29 is 4.79 Å². The van der Waals surface area contributed by atoms with Crippen molar-refractivity contribution >= 4 is 35.4 Å². The van der Waals surface area contributed by atoms with E-state index in [4.69, 9.17) is 0 Å². The van der Waals surface area contributed by atoms with Gasteiger partial charge in [0.05, 0.1) is 0 Å². The zero-order chi connectivity index (χ0) is 23.7. The molecule has 0 aromatic heterocycles. The van der Waals surface area contributed by atoms with Gasteiger partial charge in [0.15, 0.2) is 0 Å². The molecule has 2 bridgehead atoms. The van der Waals surface area contributed by atoms with Crippen LogP contribution in [0.1, 0.15) is 12.0 Å². The van der Waals surface area contributed by atoms with Crippen LogP contribution in [0.15, 0.2) is 133 Å². The number of hydrogen-bond donors (Lipinski definition) is 0. The van der Waals surface area contributed by atoms with Gasteiger partial charge in [-0.1, -0.05) is 0 Å². The van der Waals surface area contributed by atoms with Crippen molar-refractivity contribution in [1.29, 1.82) is 0 Å². The number of carbonyl (C=O) groups is 1. The van der Waals surface area contributed by atoms with Gasteiger partial charge in [0.2, 0.25) is 0 Å². The first-order valence-electron chi connectivity index (χ1n) is 12.6. The zero-order valence-corrected chi connectivity index (χ0v) is 22.7. The fraction of sp³-hybridized carbons (Fsp3) is 0.182. The molecule has 6 rings (SSSR count). The van der Waals surface area contributed by atoms with Crippen molar-refractivity contribution in [2.24, 2.45) is 17.3 Å². The molecule has 2 aliphatic rings. The number of fused-ring (bicyclic) bond motifs is 2. The van der Waals surface area contributed by atoms with E-state index in [1.165, 1.54) is 22.6 Å². The first kappa shape index (κ1) is 22.5. The van der Waals surface area contributed by atoms with Crippen LogP contribution in [0.2, 0.25) is 3.93 Å². The molecule has 2 aliphatic carbocycles. The maximum absolute atomic E-state index is 13.5. The fourth-order valence-corrected chi connectivity index (χ4v) is 25.3. The van der Waals surface area contributed by atoms with Gasteiger partial charge in [-0.2, -0.15) is 0 Å². The Balaban J connectivity index is 1.68. The van der Waals surface area contributed by atoms with Crippen molar-refractivity contribution in [1.82, 2.24) is 0 Å². The molecule has 0 radical (unpaired) electrons.